The van der Waals surface area contributed by atoms with Crippen molar-refractivity contribution in [1.29, 1.82) is 0 Å². The van der Waals surface area contributed by atoms with Gasteiger partial charge in [0.25, 0.3) is 0 Å². The van der Waals surface area contributed by atoms with Crippen LogP contribution in [0.15, 0.2) is 18.3 Å². The van der Waals surface area contributed by atoms with Gasteiger partial charge >= 0.3 is 5.97 Å². The Morgan fingerprint density at radius 3 is 3.20 bits per heavy atom. The number of esters is 1. The van der Waals surface area contributed by atoms with E-state index in [0.717, 1.165) is 12.2 Å². The number of nitrogens with zero attached hydrogens (tertiary/aromatic N) is 2. The van der Waals surface area contributed by atoms with E-state index in [2.05, 4.69) is 14.6 Å². The number of morpholine rings is 1. The highest BCUT2D eigenvalue weighted by Crippen LogP contribution is 2.19. The second-order valence-corrected chi connectivity index (χ2v) is 4.92. The van der Waals surface area contributed by atoms with Crippen LogP contribution < -0.4 is 10.6 Å². The highest BCUT2D eigenvalue weighted by atomic mass is 32.1. The Bertz CT molecular complexity index is 509. The Morgan fingerprint density at radius 2 is 2.50 bits per heavy atom. The van der Waals surface area contributed by atoms with Crippen molar-refractivity contribution < 1.29 is 14.3 Å². The van der Waals surface area contributed by atoms with Gasteiger partial charge in [-0.3, -0.25) is 9.78 Å². The summed E-state index contributed by atoms with van der Waals surface area (Å²) in [5.41, 5.74) is 7.15. The number of hydrogen-bond donors (Lipinski definition) is 1. The van der Waals surface area contributed by atoms with Crippen LogP contribution in [0.1, 0.15) is 12.1 Å². The van der Waals surface area contributed by atoms with E-state index in [-0.39, 0.29) is 23.5 Å². The Labute approximate surface area is 122 Å². The molecule has 2 heterocycles. The molecule has 1 saturated heterocycles. The average Bonchev–Trinajstić information content (AvgIpc) is 2.47. The monoisotopic (exact) mass is 295 g/mol. The van der Waals surface area contributed by atoms with E-state index in [1.54, 1.807) is 6.20 Å². The van der Waals surface area contributed by atoms with E-state index in [0.29, 0.717) is 18.8 Å². The molecule has 0 aromatic carbocycles. The minimum atomic E-state index is -0.268. The maximum absolute atomic E-state index is 11.3. The molecule has 1 fully saturated rings. The molecule has 6 nitrogen and oxygen atoms in total. The van der Waals surface area contributed by atoms with Gasteiger partial charge in [-0.2, -0.15) is 0 Å². The minimum Gasteiger partial charge on any atom is -0.469 e. The topological polar surface area (TPSA) is 77.7 Å². The van der Waals surface area contributed by atoms with Crippen LogP contribution in [0.5, 0.6) is 0 Å². The summed E-state index contributed by atoms with van der Waals surface area (Å²) in [7, 11) is 1.38. The number of nitrogens with two attached hydrogens (primary N) is 1. The number of methoxy groups -OCH3 is 1. The zero-order valence-electron chi connectivity index (χ0n) is 11.2. The van der Waals surface area contributed by atoms with E-state index in [9.17, 15) is 4.79 Å². The lowest BCUT2D eigenvalue weighted by Gasteiger charge is -2.34. The number of aromatic nitrogens is 1. The fourth-order valence-corrected chi connectivity index (χ4v) is 2.21. The van der Waals surface area contributed by atoms with Gasteiger partial charge in [0, 0.05) is 25.0 Å². The molecule has 1 aliphatic rings. The lowest BCUT2D eigenvalue weighted by Crippen LogP contribution is -2.43. The van der Waals surface area contributed by atoms with Crippen LogP contribution >= 0.6 is 12.2 Å². The predicted molar refractivity (Wildman–Crippen MR) is 78.7 cm³/mol. The van der Waals surface area contributed by atoms with Crippen LogP contribution in [0.4, 0.5) is 5.69 Å². The van der Waals surface area contributed by atoms with Crippen molar-refractivity contribution >= 4 is 28.9 Å². The predicted octanol–water partition coefficient (Wildman–Crippen LogP) is 0.484. The Morgan fingerprint density at radius 1 is 1.70 bits per heavy atom. The number of hydrogen-bond acceptors (Lipinski definition) is 6. The Kier molecular flexibility index (Phi) is 4.86. The van der Waals surface area contributed by atoms with Crippen molar-refractivity contribution in [2.75, 3.05) is 31.7 Å². The molecule has 0 amide bonds. The van der Waals surface area contributed by atoms with Gasteiger partial charge in [0.05, 0.1) is 31.9 Å². The molecule has 1 aromatic rings. The molecule has 108 valence electrons. The average molecular weight is 295 g/mol. The van der Waals surface area contributed by atoms with Crippen LogP contribution in [0.25, 0.3) is 0 Å². The normalized spacial score (nSPS) is 18.6. The number of rotatable bonds is 4. The van der Waals surface area contributed by atoms with E-state index in [1.165, 1.54) is 7.11 Å². The minimum absolute atomic E-state index is 0.169. The van der Waals surface area contributed by atoms with Gasteiger partial charge in [-0.25, -0.2) is 0 Å². The molecule has 20 heavy (non-hydrogen) atoms. The maximum atomic E-state index is 11.3. The largest absolute Gasteiger partial charge is 0.469 e. The number of anilines is 1. The van der Waals surface area contributed by atoms with Crippen molar-refractivity contribution in [3.63, 3.8) is 0 Å². The molecule has 1 unspecified atom stereocenters. The number of carbonyl (C=O) groups excluding carboxylic acids is 1. The SMILES string of the molecule is COC(=O)CC1CN(c2ccnc(C(N)=S)c2)CCO1. The van der Waals surface area contributed by atoms with E-state index in [1.807, 2.05) is 12.1 Å². The first-order chi connectivity index (χ1) is 9.60. The zero-order valence-corrected chi connectivity index (χ0v) is 12.1. The molecule has 0 aliphatic carbocycles. The first-order valence-corrected chi connectivity index (χ1v) is 6.70. The zero-order chi connectivity index (χ0) is 14.5. The van der Waals surface area contributed by atoms with Gasteiger partial charge in [0.15, 0.2) is 0 Å². The van der Waals surface area contributed by atoms with Crippen LogP contribution in [0, 0.1) is 0 Å². The fraction of sp³-hybridized carbons (Fsp3) is 0.462. The second kappa shape index (κ2) is 6.62. The molecule has 7 heteroatoms. The summed E-state index contributed by atoms with van der Waals surface area (Å²) in [5, 5.41) is 0. The molecular formula is C13H17N3O3S. The second-order valence-electron chi connectivity index (χ2n) is 4.48. The lowest BCUT2D eigenvalue weighted by molar-refractivity contribution is -0.144. The van der Waals surface area contributed by atoms with Crippen LogP contribution in [0.2, 0.25) is 0 Å². The number of ether oxygens (including phenoxy) is 2. The molecule has 0 spiro atoms. The first-order valence-electron chi connectivity index (χ1n) is 6.29. The molecule has 0 saturated carbocycles. The summed E-state index contributed by atoms with van der Waals surface area (Å²) in [6.45, 7) is 1.93. The third-order valence-electron chi connectivity index (χ3n) is 3.12. The van der Waals surface area contributed by atoms with Gasteiger partial charge in [0.1, 0.15) is 4.99 Å². The molecule has 0 radical (unpaired) electrons. The molecule has 1 aromatic heterocycles. The number of pyridine rings is 1. The summed E-state index contributed by atoms with van der Waals surface area (Å²) in [6, 6.07) is 3.74. The third-order valence-corrected chi connectivity index (χ3v) is 3.33. The van der Waals surface area contributed by atoms with E-state index in [4.69, 9.17) is 22.7 Å². The summed E-state index contributed by atoms with van der Waals surface area (Å²) < 4.78 is 10.2. The quantitative estimate of drug-likeness (QED) is 0.639. The smallest absolute Gasteiger partial charge is 0.308 e. The molecule has 2 rings (SSSR count). The fourth-order valence-electron chi connectivity index (χ4n) is 2.10. The summed E-state index contributed by atoms with van der Waals surface area (Å²) >= 11 is 4.93. The van der Waals surface area contributed by atoms with Gasteiger partial charge in [-0.05, 0) is 12.1 Å². The van der Waals surface area contributed by atoms with Gasteiger partial charge in [-0.1, -0.05) is 12.2 Å². The van der Waals surface area contributed by atoms with Gasteiger partial charge in [-0.15, -0.1) is 0 Å². The van der Waals surface area contributed by atoms with Crippen molar-refractivity contribution in [2.45, 2.75) is 12.5 Å². The van der Waals surface area contributed by atoms with Crippen LogP contribution in [0.3, 0.4) is 0 Å². The van der Waals surface area contributed by atoms with Crippen molar-refractivity contribution in [3.8, 4) is 0 Å². The van der Waals surface area contributed by atoms with Crippen molar-refractivity contribution in [3.05, 3.63) is 24.0 Å². The van der Waals surface area contributed by atoms with Crippen LogP contribution in [-0.4, -0.2) is 48.9 Å². The number of carbonyl (C=O) groups is 1. The van der Waals surface area contributed by atoms with Crippen molar-refractivity contribution in [1.82, 2.24) is 4.98 Å². The highest BCUT2D eigenvalue weighted by molar-refractivity contribution is 7.80. The Hall–Kier alpha value is -1.73. The molecule has 2 N–H and O–H groups in total. The van der Waals surface area contributed by atoms with Crippen LogP contribution in [-0.2, 0) is 14.3 Å². The maximum Gasteiger partial charge on any atom is 0.308 e. The lowest BCUT2D eigenvalue weighted by atomic mass is 10.2. The van der Waals surface area contributed by atoms with E-state index < -0.39 is 0 Å². The summed E-state index contributed by atoms with van der Waals surface area (Å²) in [6.07, 6.45) is 1.76. The van der Waals surface area contributed by atoms with Crippen molar-refractivity contribution in [2.24, 2.45) is 5.73 Å². The van der Waals surface area contributed by atoms with Gasteiger partial charge in [0.2, 0.25) is 0 Å². The first kappa shape index (κ1) is 14.7. The Balaban J connectivity index is 2.06. The van der Waals surface area contributed by atoms with Gasteiger partial charge < -0.3 is 20.1 Å². The molecule has 0 bridgehead atoms. The highest BCUT2D eigenvalue weighted by Gasteiger charge is 2.23. The molecule has 1 atom stereocenters. The molecule has 1 aliphatic heterocycles. The third kappa shape index (κ3) is 3.64. The molecular weight excluding hydrogens is 278 g/mol. The number of thiocarbonyl (C=S) groups is 1. The standard InChI is InChI=1S/C13H17N3O3S/c1-18-12(17)7-10-8-16(4-5-19-10)9-2-3-15-11(6-9)13(14)20/h2-3,6,10H,4-5,7-8H2,1H3,(H2,14,20). The summed E-state index contributed by atoms with van der Waals surface area (Å²) in [5.74, 6) is -0.268. The summed E-state index contributed by atoms with van der Waals surface area (Å²) in [4.78, 5) is 17.8. The van der Waals surface area contributed by atoms with E-state index >= 15 is 0 Å².